The van der Waals surface area contributed by atoms with Crippen molar-refractivity contribution < 1.29 is 4.74 Å². The lowest BCUT2D eigenvalue weighted by atomic mass is 9.98. The summed E-state index contributed by atoms with van der Waals surface area (Å²) in [5.74, 6) is 0. The van der Waals surface area contributed by atoms with E-state index >= 15 is 0 Å². The summed E-state index contributed by atoms with van der Waals surface area (Å²) in [6, 6.07) is 4.38. The van der Waals surface area contributed by atoms with Gasteiger partial charge in [-0.25, -0.2) is 0 Å². The molecule has 200 valence electrons. The summed E-state index contributed by atoms with van der Waals surface area (Å²) in [5, 5.41) is 3.91. The number of piperazine rings is 2. The van der Waals surface area contributed by atoms with E-state index in [4.69, 9.17) is 4.74 Å². The van der Waals surface area contributed by atoms with Crippen molar-refractivity contribution in [2.45, 2.75) is 136 Å². The molecule has 0 aromatic heterocycles. The van der Waals surface area contributed by atoms with Crippen LogP contribution in [0.2, 0.25) is 0 Å². The number of hydrogen-bond donors (Lipinski definition) is 1. The molecule has 3 rings (SSSR count). The van der Waals surface area contributed by atoms with Gasteiger partial charge in [0.1, 0.15) is 0 Å². The van der Waals surface area contributed by atoms with Crippen molar-refractivity contribution in [2.24, 2.45) is 0 Å². The number of nitrogens with one attached hydrogen (secondary N) is 1. The third-order valence-corrected chi connectivity index (χ3v) is 9.04. The van der Waals surface area contributed by atoms with Gasteiger partial charge in [0.2, 0.25) is 0 Å². The van der Waals surface area contributed by atoms with Gasteiger partial charge in [-0.3, -0.25) is 19.6 Å². The molecule has 6 heteroatoms. The highest BCUT2D eigenvalue weighted by Gasteiger charge is 2.32. The van der Waals surface area contributed by atoms with Gasteiger partial charge in [-0.2, -0.15) is 0 Å². The van der Waals surface area contributed by atoms with Crippen LogP contribution in [0.25, 0.3) is 0 Å². The molecule has 3 heterocycles. The molecule has 3 saturated heterocycles. The molecule has 0 amide bonds. The number of nitrogens with zero attached hydrogens (tertiary/aromatic N) is 4. The lowest BCUT2D eigenvalue weighted by Crippen LogP contribution is -2.59. The first-order valence-corrected chi connectivity index (χ1v) is 14.4. The van der Waals surface area contributed by atoms with E-state index in [9.17, 15) is 0 Å². The van der Waals surface area contributed by atoms with E-state index in [2.05, 4.69) is 87.4 Å². The van der Waals surface area contributed by atoms with Crippen molar-refractivity contribution in [3.05, 3.63) is 0 Å². The largest absolute Gasteiger partial charge is 0.373 e. The Bertz CT molecular complexity index is 591. The second-order valence-corrected chi connectivity index (χ2v) is 12.5. The van der Waals surface area contributed by atoms with Gasteiger partial charge in [-0.1, -0.05) is 0 Å². The van der Waals surface area contributed by atoms with Crippen LogP contribution in [-0.4, -0.2) is 120 Å². The standard InChI is InChI=1S/C28H57N5O/c1-20(2)31-17-26(8)34-28(19-31)13-11-23(5)32-14-21(3)29-27(18-32)12-10-22(4)33-15-24(6)30(9)25(7)16-33/h20-29H,10-19H2,1-9H3/t21-,22?,23?,24-,25+,26-,27+,28+/m1/s1. The molecule has 0 spiro atoms. The molecule has 1 N–H and O–H groups in total. The van der Waals surface area contributed by atoms with E-state index in [1.165, 1.54) is 51.9 Å². The number of ether oxygens (including phenoxy) is 1. The van der Waals surface area contributed by atoms with E-state index < -0.39 is 0 Å². The van der Waals surface area contributed by atoms with Crippen molar-refractivity contribution in [1.82, 2.24) is 24.9 Å². The fourth-order valence-corrected chi connectivity index (χ4v) is 6.45. The SMILES string of the molecule is CC(C)N1C[C@H](CCC(C)N2C[C@H](CCC(C)N3C[C@@H](C)N(C)[C@@H](C)C3)N[C@H](C)C2)O[C@H](C)C1. The Morgan fingerprint density at radius 1 is 0.735 bits per heavy atom. The molecule has 3 fully saturated rings. The zero-order chi connectivity index (χ0) is 25.0. The van der Waals surface area contributed by atoms with Crippen LogP contribution in [0.15, 0.2) is 0 Å². The third-order valence-electron chi connectivity index (χ3n) is 9.04. The smallest absolute Gasteiger partial charge is 0.0707 e. The van der Waals surface area contributed by atoms with Crippen molar-refractivity contribution >= 4 is 0 Å². The van der Waals surface area contributed by atoms with Gasteiger partial charge in [-0.15, -0.1) is 0 Å². The molecule has 6 nitrogen and oxygen atoms in total. The second kappa shape index (κ2) is 12.8. The van der Waals surface area contributed by atoms with Crippen LogP contribution in [0.4, 0.5) is 0 Å². The van der Waals surface area contributed by atoms with Crippen molar-refractivity contribution in [3.63, 3.8) is 0 Å². The minimum Gasteiger partial charge on any atom is -0.373 e. The number of likely N-dealkylation sites (N-methyl/N-ethyl adjacent to an activating group) is 1. The minimum absolute atomic E-state index is 0.355. The summed E-state index contributed by atoms with van der Waals surface area (Å²) in [6.07, 6.45) is 5.71. The molecule has 3 aliphatic heterocycles. The maximum absolute atomic E-state index is 6.31. The van der Waals surface area contributed by atoms with Crippen LogP contribution in [-0.2, 0) is 4.74 Å². The number of morpholine rings is 1. The molecule has 0 saturated carbocycles. The van der Waals surface area contributed by atoms with E-state index in [-0.39, 0.29) is 0 Å². The lowest BCUT2D eigenvalue weighted by Gasteiger charge is -2.45. The van der Waals surface area contributed by atoms with Crippen molar-refractivity contribution in [1.29, 1.82) is 0 Å². The molecule has 8 atom stereocenters. The lowest BCUT2D eigenvalue weighted by molar-refractivity contribution is -0.0899. The van der Waals surface area contributed by atoms with Crippen LogP contribution in [0.5, 0.6) is 0 Å². The fourth-order valence-electron chi connectivity index (χ4n) is 6.45. The quantitative estimate of drug-likeness (QED) is 0.545. The zero-order valence-corrected chi connectivity index (χ0v) is 24.0. The van der Waals surface area contributed by atoms with Crippen molar-refractivity contribution in [3.8, 4) is 0 Å². The molecule has 0 aromatic rings. The maximum atomic E-state index is 6.31. The highest BCUT2D eigenvalue weighted by molar-refractivity contribution is 4.89. The average Bonchev–Trinajstić information content (AvgIpc) is 2.78. The number of hydrogen-bond acceptors (Lipinski definition) is 6. The summed E-state index contributed by atoms with van der Waals surface area (Å²) in [5.41, 5.74) is 0. The Hall–Kier alpha value is -0.240. The van der Waals surface area contributed by atoms with Gasteiger partial charge in [0.05, 0.1) is 12.2 Å². The van der Waals surface area contributed by atoms with Crippen LogP contribution >= 0.6 is 0 Å². The van der Waals surface area contributed by atoms with Crippen LogP contribution in [0, 0.1) is 0 Å². The molecule has 34 heavy (non-hydrogen) atoms. The summed E-state index contributed by atoms with van der Waals surface area (Å²) in [7, 11) is 2.28. The monoisotopic (exact) mass is 479 g/mol. The van der Waals surface area contributed by atoms with Crippen molar-refractivity contribution in [2.75, 3.05) is 46.3 Å². The molecular weight excluding hydrogens is 422 g/mol. The molecule has 0 bridgehead atoms. The summed E-state index contributed by atoms with van der Waals surface area (Å²) >= 11 is 0. The summed E-state index contributed by atoms with van der Waals surface area (Å²) in [4.78, 5) is 10.6. The van der Waals surface area contributed by atoms with Gasteiger partial charge in [0.25, 0.3) is 0 Å². The van der Waals surface area contributed by atoms with Crippen LogP contribution in [0.1, 0.15) is 81.1 Å². The highest BCUT2D eigenvalue weighted by atomic mass is 16.5. The molecule has 3 aliphatic rings. The topological polar surface area (TPSA) is 34.2 Å². The number of rotatable bonds is 9. The molecule has 0 radical (unpaired) electrons. The Kier molecular flexibility index (Phi) is 10.7. The minimum atomic E-state index is 0.355. The van der Waals surface area contributed by atoms with E-state index in [0.29, 0.717) is 54.5 Å². The van der Waals surface area contributed by atoms with E-state index in [1.807, 2.05) is 0 Å². The van der Waals surface area contributed by atoms with E-state index in [0.717, 1.165) is 13.1 Å². The molecular formula is C28H57N5O. The zero-order valence-electron chi connectivity index (χ0n) is 24.0. The van der Waals surface area contributed by atoms with Gasteiger partial charge in [0.15, 0.2) is 0 Å². The molecule has 2 unspecified atom stereocenters. The Balaban J connectivity index is 1.44. The van der Waals surface area contributed by atoms with Crippen LogP contribution < -0.4 is 5.32 Å². The predicted octanol–water partition coefficient (Wildman–Crippen LogP) is 3.51. The van der Waals surface area contributed by atoms with Gasteiger partial charge >= 0.3 is 0 Å². The average molecular weight is 480 g/mol. The predicted molar refractivity (Wildman–Crippen MR) is 145 cm³/mol. The first-order chi connectivity index (χ1) is 16.0. The third kappa shape index (κ3) is 7.88. The van der Waals surface area contributed by atoms with E-state index in [1.54, 1.807) is 0 Å². The highest BCUT2D eigenvalue weighted by Crippen LogP contribution is 2.22. The molecule has 0 aliphatic carbocycles. The molecule has 0 aromatic carbocycles. The maximum Gasteiger partial charge on any atom is 0.0707 e. The van der Waals surface area contributed by atoms with Gasteiger partial charge < -0.3 is 10.1 Å². The fraction of sp³-hybridized carbons (Fsp3) is 1.00. The Morgan fingerprint density at radius 2 is 1.32 bits per heavy atom. The van der Waals surface area contributed by atoms with Gasteiger partial charge in [0, 0.05) is 81.6 Å². The first-order valence-electron chi connectivity index (χ1n) is 14.4. The summed E-state index contributed by atoms with van der Waals surface area (Å²) in [6.45, 7) is 25.8. The Labute approximate surface area is 211 Å². The second-order valence-electron chi connectivity index (χ2n) is 12.5. The van der Waals surface area contributed by atoms with Crippen LogP contribution in [0.3, 0.4) is 0 Å². The Morgan fingerprint density at radius 3 is 1.94 bits per heavy atom. The first kappa shape index (κ1) is 28.3. The normalized spacial score (nSPS) is 37.2. The van der Waals surface area contributed by atoms with Gasteiger partial charge in [-0.05, 0) is 88.1 Å². The summed E-state index contributed by atoms with van der Waals surface area (Å²) < 4.78 is 6.31.